The number of nitrogens with zero attached hydrogens (tertiary/aromatic N) is 4. The van der Waals surface area contributed by atoms with Gasteiger partial charge >= 0.3 is 0 Å². The molecule has 3 aromatic carbocycles. The zero-order valence-corrected chi connectivity index (χ0v) is 18.9. The van der Waals surface area contributed by atoms with E-state index in [0.717, 1.165) is 66.1 Å². The van der Waals surface area contributed by atoms with Crippen LogP contribution >= 0.6 is 11.6 Å². The number of piperazine rings is 1. The van der Waals surface area contributed by atoms with Crippen molar-refractivity contribution in [1.29, 1.82) is 0 Å². The van der Waals surface area contributed by atoms with E-state index in [2.05, 4.69) is 52.4 Å². The predicted molar refractivity (Wildman–Crippen MR) is 133 cm³/mol. The molecule has 1 aliphatic rings. The van der Waals surface area contributed by atoms with Gasteiger partial charge in [0.05, 0.1) is 11.0 Å². The van der Waals surface area contributed by atoms with Gasteiger partial charge in [-0.15, -0.1) is 0 Å². The molecule has 0 spiro atoms. The van der Waals surface area contributed by atoms with Crippen LogP contribution < -0.4 is 10.2 Å². The molecule has 0 unspecified atom stereocenters. The Labute approximate surface area is 193 Å². The molecule has 1 aromatic heterocycles. The zero-order valence-electron chi connectivity index (χ0n) is 18.1. The SMILES string of the molecule is Cc1ccc(Nc2nc3ccccc3nc2N2CCN(Cc3cccc(Cl)c3)CC2)cc1. The summed E-state index contributed by atoms with van der Waals surface area (Å²) in [5.41, 5.74) is 5.30. The summed E-state index contributed by atoms with van der Waals surface area (Å²) in [5, 5.41) is 4.29. The van der Waals surface area contributed by atoms with Gasteiger partial charge in [0.1, 0.15) is 0 Å². The highest BCUT2D eigenvalue weighted by molar-refractivity contribution is 6.30. The molecule has 0 atom stereocenters. The van der Waals surface area contributed by atoms with Crippen LogP contribution in [0.2, 0.25) is 5.02 Å². The number of aryl methyl sites for hydroxylation is 1. The maximum Gasteiger partial charge on any atom is 0.174 e. The predicted octanol–water partition coefficient (Wildman–Crippen LogP) is 5.66. The zero-order chi connectivity index (χ0) is 21.9. The first-order chi connectivity index (χ1) is 15.6. The van der Waals surface area contributed by atoms with Crippen molar-refractivity contribution >= 4 is 40.0 Å². The second kappa shape index (κ2) is 9.15. The van der Waals surface area contributed by atoms with Gasteiger partial charge in [-0.25, -0.2) is 9.97 Å². The Bertz CT molecular complexity index is 1220. The second-order valence-electron chi connectivity index (χ2n) is 8.27. The first-order valence-corrected chi connectivity index (χ1v) is 11.3. The standard InChI is InChI=1S/C26H26ClN5/c1-19-9-11-22(12-10-19)28-25-26(30-24-8-3-2-7-23(24)29-25)32-15-13-31(14-16-32)18-20-5-4-6-21(27)17-20/h2-12,17H,13-16,18H2,1H3,(H,28,29). The number of nitrogens with one attached hydrogen (secondary N) is 1. The molecular formula is C26H26ClN5. The van der Waals surface area contributed by atoms with E-state index in [-0.39, 0.29) is 0 Å². The summed E-state index contributed by atoms with van der Waals surface area (Å²) in [6, 6.07) is 24.5. The Balaban J connectivity index is 1.37. The fourth-order valence-corrected chi connectivity index (χ4v) is 4.29. The first-order valence-electron chi connectivity index (χ1n) is 11.0. The van der Waals surface area contributed by atoms with Crippen LogP contribution in [0.3, 0.4) is 0 Å². The molecule has 4 aromatic rings. The highest BCUT2D eigenvalue weighted by Crippen LogP contribution is 2.29. The molecule has 1 saturated heterocycles. The molecule has 0 amide bonds. The van der Waals surface area contributed by atoms with E-state index in [1.165, 1.54) is 11.1 Å². The van der Waals surface area contributed by atoms with E-state index in [4.69, 9.17) is 21.6 Å². The molecule has 0 bridgehead atoms. The summed E-state index contributed by atoms with van der Waals surface area (Å²) in [7, 11) is 0. The van der Waals surface area contributed by atoms with Crippen molar-refractivity contribution in [2.75, 3.05) is 36.4 Å². The second-order valence-corrected chi connectivity index (χ2v) is 8.71. The van der Waals surface area contributed by atoms with Crippen LogP contribution in [0.1, 0.15) is 11.1 Å². The molecular weight excluding hydrogens is 418 g/mol. The number of fused-ring (bicyclic) bond motifs is 1. The van der Waals surface area contributed by atoms with E-state index in [1.54, 1.807) is 0 Å². The summed E-state index contributed by atoms with van der Waals surface area (Å²) in [6.07, 6.45) is 0. The van der Waals surface area contributed by atoms with Crippen molar-refractivity contribution in [3.63, 3.8) is 0 Å². The van der Waals surface area contributed by atoms with Gasteiger partial charge in [0, 0.05) is 43.4 Å². The van der Waals surface area contributed by atoms with Crippen LogP contribution in [0.25, 0.3) is 11.0 Å². The van der Waals surface area contributed by atoms with Crippen molar-refractivity contribution in [2.45, 2.75) is 13.5 Å². The first kappa shape index (κ1) is 20.7. The van der Waals surface area contributed by atoms with Crippen molar-refractivity contribution in [3.8, 4) is 0 Å². The van der Waals surface area contributed by atoms with Crippen LogP contribution in [0.5, 0.6) is 0 Å². The van der Waals surface area contributed by atoms with Gasteiger partial charge in [0.15, 0.2) is 11.6 Å². The Kier molecular flexibility index (Phi) is 5.93. The summed E-state index contributed by atoms with van der Waals surface area (Å²) in [5.74, 6) is 1.71. The molecule has 1 fully saturated rings. The number of rotatable bonds is 5. The summed E-state index contributed by atoms with van der Waals surface area (Å²) >= 11 is 6.16. The average Bonchev–Trinajstić information content (AvgIpc) is 2.81. The molecule has 32 heavy (non-hydrogen) atoms. The van der Waals surface area contributed by atoms with E-state index >= 15 is 0 Å². The van der Waals surface area contributed by atoms with E-state index in [1.807, 2.05) is 42.5 Å². The largest absolute Gasteiger partial charge is 0.351 e. The van der Waals surface area contributed by atoms with Crippen LogP contribution in [0.15, 0.2) is 72.8 Å². The molecule has 6 heteroatoms. The molecule has 162 valence electrons. The Hall–Kier alpha value is -3.15. The topological polar surface area (TPSA) is 44.3 Å². The third kappa shape index (κ3) is 4.69. The minimum Gasteiger partial charge on any atom is -0.351 e. The molecule has 0 radical (unpaired) electrons. The van der Waals surface area contributed by atoms with Gasteiger partial charge in [0.25, 0.3) is 0 Å². The number of para-hydroxylation sites is 2. The quantitative estimate of drug-likeness (QED) is 0.431. The summed E-state index contributed by atoms with van der Waals surface area (Å²) in [4.78, 5) is 14.7. The van der Waals surface area contributed by atoms with Crippen LogP contribution in [0, 0.1) is 6.92 Å². The third-order valence-electron chi connectivity index (χ3n) is 5.83. The lowest BCUT2D eigenvalue weighted by Crippen LogP contribution is -2.46. The van der Waals surface area contributed by atoms with Crippen LogP contribution in [0.4, 0.5) is 17.3 Å². The minimum atomic E-state index is 0.791. The summed E-state index contributed by atoms with van der Waals surface area (Å²) < 4.78 is 0. The lowest BCUT2D eigenvalue weighted by molar-refractivity contribution is 0.249. The molecule has 0 saturated carbocycles. The lowest BCUT2D eigenvalue weighted by atomic mass is 10.2. The molecule has 1 aliphatic heterocycles. The van der Waals surface area contributed by atoms with E-state index in [0.29, 0.717) is 0 Å². The van der Waals surface area contributed by atoms with Gasteiger partial charge in [-0.1, -0.05) is 53.6 Å². The van der Waals surface area contributed by atoms with Crippen LogP contribution in [-0.4, -0.2) is 41.0 Å². The number of anilines is 3. The number of hydrogen-bond acceptors (Lipinski definition) is 5. The van der Waals surface area contributed by atoms with E-state index in [9.17, 15) is 0 Å². The Morgan fingerprint density at radius 1 is 0.844 bits per heavy atom. The van der Waals surface area contributed by atoms with Gasteiger partial charge < -0.3 is 10.2 Å². The summed E-state index contributed by atoms with van der Waals surface area (Å²) in [6.45, 7) is 6.72. The average molecular weight is 444 g/mol. The van der Waals surface area contributed by atoms with Crippen LogP contribution in [-0.2, 0) is 6.54 Å². The van der Waals surface area contributed by atoms with E-state index < -0.39 is 0 Å². The lowest BCUT2D eigenvalue weighted by Gasteiger charge is -2.36. The normalized spacial score (nSPS) is 14.6. The third-order valence-corrected chi connectivity index (χ3v) is 6.07. The van der Waals surface area contributed by atoms with Crippen molar-refractivity contribution in [3.05, 3.63) is 88.9 Å². The molecule has 2 heterocycles. The highest BCUT2D eigenvalue weighted by Gasteiger charge is 2.22. The van der Waals surface area contributed by atoms with Crippen molar-refractivity contribution in [1.82, 2.24) is 14.9 Å². The van der Waals surface area contributed by atoms with Crippen molar-refractivity contribution in [2.24, 2.45) is 0 Å². The number of benzene rings is 3. The molecule has 0 aliphatic carbocycles. The van der Waals surface area contributed by atoms with Crippen molar-refractivity contribution < 1.29 is 0 Å². The Morgan fingerprint density at radius 3 is 2.28 bits per heavy atom. The number of halogens is 1. The molecule has 5 rings (SSSR count). The monoisotopic (exact) mass is 443 g/mol. The highest BCUT2D eigenvalue weighted by atomic mass is 35.5. The fraction of sp³-hybridized carbons (Fsp3) is 0.231. The molecule has 5 nitrogen and oxygen atoms in total. The smallest absolute Gasteiger partial charge is 0.174 e. The number of hydrogen-bond donors (Lipinski definition) is 1. The van der Waals surface area contributed by atoms with Gasteiger partial charge in [-0.2, -0.15) is 0 Å². The maximum atomic E-state index is 6.16. The fourth-order valence-electron chi connectivity index (χ4n) is 4.08. The van der Waals surface area contributed by atoms with Gasteiger partial charge in [-0.3, -0.25) is 4.90 Å². The number of aromatic nitrogens is 2. The Morgan fingerprint density at radius 2 is 1.56 bits per heavy atom. The van der Waals surface area contributed by atoms with Gasteiger partial charge in [-0.05, 0) is 48.9 Å². The maximum absolute atomic E-state index is 6.16. The minimum absolute atomic E-state index is 0.791. The van der Waals surface area contributed by atoms with Gasteiger partial charge in [0.2, 0.25) is 0 Å². The molecule has 1 N–H and O–H groups in total.